The Kier molecular flexibility index (Phi) is 6.74. The average molecular weight is 306 g/mol. The zero-order chi connectivity index (χ0) is 14.9. The average Bonchev–Trinajstić information content (AvgIpc) is 2.99. The van der Waals surface area contributed by atoms with Gasteiger partial charge in [0.15, 0.2) is 0 Å². The van der Waals surface area contributed by atoms with Gasteiger partial charge in [-0.25, -0.2) is 0 Å². The molecule has 1 amide bonds. The molecule has 3 N–H and O–H groups in total. The maximum Gasteiger partial charge on any atom is 0.262 e. The third-order valence-corrected chi connectivity index (χ3v) is 4.40. The van der Waals surface area contributed by atoms with Crippen LogP contribution in [0, 0.1) is 11.8 Å². The van der Waals surface area contributed by atoms with Crippen LogP contribution < -0.4 is 11.1 Å². The van der Waals surface area contributed by atoms with E-state index in [0.29, 0.717) is 30.7 Å². The van der Waals surface area contributed by atoms with Crippen molar-refractivity contribution in [2.45, 2.75) is 38.2 Å². The van der Waals surface area contributed by atoms with E-state index >= 15 is 0 Å². The number of nitrogens with one attached hydrogen (secondary N) is 1. The number of nitrogens with two attached hydrogens (primary N) is 1. The predicted octanol–water partition coefficient (Wildman–Crippen LogP) is 2.14. The summed E-state index contributed by atoms with van der Waals surface area (Å²) in [6.07, 6.45) is 6.52. The summed E-state index contributed by atoms with van der Waals surface area (Å²) in [5, 5.41) is 4.76. The van der Waals surface area contributed by atoms with E-state index in [2.05, 4.69) is 17.2 Å². The Morgan fingerprint density at radius 2 is 2.24 bits per heavy atom. The monoisotopic (exact) mass is 306 g/mol. The first-order valence-electron chi connectivity index (χ1n) is 7.47. The minimum absolute atomic E-state index is 0.0847. The predicted molar refractivity (Wildman–Crippen MR) is 85.4 cm³/mol. The molecular weight excluding hydrogens is 284 g/mol. The van der Waals surface area contributed by atoms with Crippen LogP contribution in [0.15, 0.2) is 11.4 Å². The Morgan fingerprint density at radius 1 is 1.43 bits per heavy atom. The smallest absolute Gasteiger partial charge is 0.262 e. The second-order valence-corrected chi connectivity index (χ2v) is 5.97. The zero-order valence-electron chi connectivity index (χ0n) is 12.2. The van der Waals surface area contributed by atoms with Gasteiger partial charge >= 0.3 is 0 Å². The van der Waals surface area contributed by atoms with Gasteiger partial charge in [-0.15, -0.1) is 11.3 Å². The van der Waals surface area contributed by atoms with Crippen LogP contribution in [0.3, 0.4) is 0 Å². The van der Waals surface area contributed by atoms with E-state index in [9.17, 15) is 4.79 Å². The lowest BCUT2D eigenvalue weighted by Crippen LogP contribution is -2.29. The lowest BCUT2D eigenvalue weighted by Gasteiger charge is -2.21. The molecule has 114 valence electrons. The molecule has 1 aliphatic rings. The highest BCUT2D eigenvalue weighted by Gasteiger charge is 2.14. The Balaban J connectivity index is 1.73. The van der Waals surface area contributed by atoms with Crippen LogP contribution in [0.4, 0.5) is 0 Å². The molecule has 1 aromatic rings. The SMILES string of the molecule is NCC#Cc1ccsc1C(=O)NCCOC1CCCCC1. The van der Waals surface area contributed by atoms with Crippen molar-refractivity contribution >= 4 is 17.2 Å². The van der Waals surface area contributed by atoms with Crippen LogP contribution in [0.1, 0.15) is 47.3 Å². The fourth-order valence-electron chi connectivity index (χ4n) is 2.43. The molecule has 21 heavy (non-hydrogen) atoms. The van der Waals surface area contributed by atoms with Gasteiger partial charge in [-0.05, 0) is 24.3 Å². The standard InChI is InChI=1S/C16H22N2O2S/c17-9-4-5-13-8-12-21-15(13)16(19)18-10-11-20-14-6-2-1-3-7-14/h8,12,14H,1-3,6-7,9-11,17H2,(H,18,19). The minimum atomic E-state index is -0.0847. The number of rotatable bonds is 5. The van der Waals surface area contributed by atoms with Gasteiger partial charge in [0.05, 0.1) is 19.3 Å². The zero-order valence-corrected chi connectivity index (χ0v) is 13.0. The van der Waals surface area contributed by atoms with Crippen molar-refractivity contribution in [1.82, 2.24) is 5.32 Å². The molecular formula is C16H22N2O2S. The third-order valence-electron chi connectivity index (χ3n) is 3.49. The fraction of sp³-hybridized carbons (Fsp3) is 0.562. The van der Waals surface area contributed by atoms with Crippen molar-refractivity contribution in [2.24, 2.45) is 5.73 Å². The number of carbonyl (C=O) groups is 1. The first-order chi connectivity index (χ1) is 10.3. The van der Waals surface area contributed by atoms with Gasteiger partial charge in [0, 0.05) is 12.1 Å². The Hall–Kier alpha value is -1.35. The Labute approximate surface area is 130 Å². The summed E-state index contributed by atoms with van der Waals surface area (Å²) in [5.41, 5.74) is 6.10. The van der Waals surface area contributed by atoms with Gasteiger partial charge in [-0.3, -0.25) is 4.79 Å². The van der Waals surface area contributed by atoms with E-state index in [1.807, 2.05) is 11.4 Å². The molecule has 0 atom stereocenters. The Bertz CT molecular complexity index is 510. The summed E-state index contributed by atoms with van der Waals surface area (Å²) < 4.78 is 5.79. The summed E-state index contributed by atoms with van der Waals surface area (Å²) >= 11 is 1.40. The van der Waals surface area contributed by atoms with E-state index in [-0.39, 0.29) is 5.91 Å². The number of hydrogen-bond donors (Lipinski definition) is 2. The van der Waals surface area contributed by atoms with Crippen LogP contribution in [0.2, 0.25) is 0 Å². The molecule has 1 fully saturated rings. The van der Waals surface area contributed by atoms with Crippen molar-refractivity contribution in [3.63, 3.8) is 0 Å². The highest BCUT2D eigenvalue weighted by atomic mass is 32.1. The highest BCUT2D eigenvalue weighted by molar-refractivity contribution is 7.12. The van der Waals surface area contributed by atoms with E-state index in [1.165, 1.54) is 30.6 Å². The molecule has 1 aliphatic carbocycles. The third kappa shape index (κ3) is 5.16. The number of thiophene rings is 1. The lowest BCUT2D eigenvalue weighted by atomic mass is 9.98. The summed E-state index contributed by atoms with van der Waals surface area (Å²) in [6, 6.07) is 1.85. The molecule has 0 unspecified atom stereocenters. The lowest BCUT2D eigenvalue weighted by molar-refractivity contribution is 0.0300. The molecule has 0 aliphatic heterocycles. The molecule has 4 nitrogen and oxygen atoms in total. The van der Waals surface area contributed by atoms with Crippen LogP contribution in [-0.2, 0) is 4.74 Å². The van der Waals surface area contributed by atoms with E-state index in [4.69, 9.17) is 10.5 Å². The Morgan fingerprint density at radius 3 is 3.00 bits per heavy atom. The number of amides is 1. The van der Waals surface area contributed by atoms with Crippen molar-refractivity contribution in [3.8, 4) is 11.8 Å². The summed E-state index contributed by atoms with van der Waals surface area (Å²) in [7, 11) is 0. The largest absolute Gasteiger partial charge is 0.376 e. The molecule has 1 aromatic heterocycles. The molecule has 5 heteroatoms. The molecule has 1 saturated carbocycles. The number of carbonyl (C=O) groups excluding carboxylic acids is 1. The van der Waals surface area contributed by atoms with Gasteiger partial charge in [0.25, 0.3) is 5.91 Å². The number of ether oxygens (including phenoxy) is 1. The van der Waals surface area contributed by atoms with Crippen LogP contribution >= 0.6 is 11.3 Å². The molecule has 2 rings (SSSR count). The second-order valence-electron chi connectivity index (χ2n) is 5.06. The van der Waals surface area contributed by atoms with E-state index < -0.39 is 0 Å². The molecule has 0 bridgehead atoms. The fourth-order valence-corrected chi connectivity index (χ4v) is 3.20. The normalized spacial score (nSPS) is 15.3. The highest BCUT2D eigenvalue weighted by Crippen LogP contribution is 2.20. The van der Waals surface area contributed by atoms with Crippen LogP contribution in [0.5, 0.6) is 0 Å². The maximum absolute atomic E-state index is 12.1. The van der Waals surface area contributed by atoms with Gasteiger partial charge in [0.2, 0.25) is 0 Å². The van der Waals surface area contributed by atoms with Crippen LogP contribution in [-0.4, -0.2) is 31.7 Å². The molecule has 0 radical (unpaired) electrons. The second kappa shape index (κ2) is 8.83. The van der Waals surface area contributed by atoms with Gasteiger partial charge in [-0.2, -0.15) is 0 Å². The molecule has 0 aromatic carbocycles. The van der Waals surface area contributed by atoms with E-state index in [0.717, 1.165) is 18.4 Å². The molecule has 1 heterocycles. The first-order valence-corrected chi connectivity index (χ1v) is 8.35. The van der Waals surface area contributed by atoms with Crippen molar-refractivity contribution in [1.29, 1.82) is 0 Å². The van der Waals surface area contributed by atoms with Crippen LogP contribution in [0.25, 0.3) is 0 Å². The number of hydrogen-bond acceptors (Lipinski definition) is 4. The van der Waals surface area contributed by atoms with E-state index in [1.54, 1.807) is 0 Å². The summed E-state index contributed by atoms with van der Waals surface area (Å²) in [5.74, 6) is 5.61. The summed E-state index contributed by atoms with van der Waals surface area (Å²) in [4.78, 5) is 12.7. The van der Waals surface area contributed by atoms with Gasteiger partial charge in [0.1, 0.15) is 4.88 Å². The van der Waals surface area contributed by atoms with Gasteiger partial charge in [-0.1, -0.05) is 31.1 Å². The molecule has 0 spiro atoms. The topological polar surface area (TPSA) is 64.4 Å². The minimum Gasteiger partial charge on any atom is -0.376 e. The van der Waals surface area contributed by atoms with Crippen molar-refractivity contribution in [2.75, 3.05) is 19.7 Å². The summed E-state index contributed by atoms with van der Waals surface area (Å²) in [6.45, 7) is 1.41. The van der Waals surface area contributed by atoms with Crippen molar-refractivity contribution < 1.29 is 9.53 Å². The maximum atomic E-state index is 12.1. The quantitative estimate of drug-likeness (QED) is 0.647. The van der Waals surface area contributed by atoms with Gasteiger partial charge < -0.3 is 15.8 Å². The van der Waals surface area contributed by atoms with Crippen molar-refractivity contribution in [3.05, 3.63) is 21.9 Å². The first kappa shape index (κ1) is 16.0. The molecule has 0 saturated heterocycles.